The third-order valence-electron chi connectivity index (χ3n) is 10.6. The van der Waals surface area contributed by atoms with Crippen molar-refractivity contribution in [2.24, 2.45) is 17.8 Å². The summed E-state index contributed by atoms with van der Waals surface area (Å²) in [6.07, 6.45) is 2.70. The number of hydrogen-bond donors (Lipinski definition) is 1. The van der Waals surface area contributed by atoms with E-state index in [1.807, 2.05) is 51.1 Å². The van der Waals surface area contributed by atoms with Crippen LogP contribution in [0.1, 0.15) is 51.7 Å². The lowest BCUT2D eigenvalue weighted by Crippen LogP contribution is -2.60. The van der Waals surface area contributed by atoms with Crippen molar-refractivity contribution >= 4 is 56.9 Å². The van der Waals surface area contributed by atoms with Gasteiger partial charge in [-0.3, -0.25) is 19.2 Å². The Kier molecular flexibility index (Phi) is 12.2. The van der Waals surface area contributed by atoms with E-state index in [9.17, 15) is 24.3 Å². The van der Waals surface area contributed by atoms with Crippen LogP contribution in [0.15, 0.2) is 79.9 Å². The number of amides is 3. The minimum absolute atomic E-state index is 0.126. The number of likely N-dealkylation sites (N-methyl/N-ethyl adjacent to an activating group) is 1. The Balaban J connectivity index is 1.56. The van der Waals surface area contributed by atoms with E-state index in [1.165, 1.54) is 9.80 Å². The predicted molar refractivity (Wildman–Crippen MR) is 199 cm³/mol. The summed E-state index contributed by atoms with van der Waals surface area (Å²) >= 11 is 9.91. The quantitative estimate of drug-likeness (QED) is 0.140. The molecule has 1 unspecified atom stereocenters. The van der Waals surface area contributed by atoms with E-state index in [-0.39, 0.29) is 36.0 Å². The summed E-state index contributed by atoms with van der Waals surface area (Å²) in [4.78, 5) is 61.5. The normalized spacial score (nSPS) is 26.7. The molecule has 0 saturated carbocycles. The lowest BCUT2D eigenvalue weighted by atomic mass is 9.70. The van der Waals surface area contributed by atoms with Gasteiger partial charge in [0.05, 0.1) is 36.6 Å². The van der Waals surface area contributed by atoms with E-state index in [0.717, 1.165) is 0 Å². The summed E-state index contributed by atoms with van der Waals surface area (Å²) in [6, 6.07) is 13.5. The molecule has 1 spiro atoms. The molecule has 3 heterocycles. The molecular formula is C39H47BrClN3O7. The van der Waals surface area contributed by atoms with Crippen LogP contribution in [0.25, 0.3) is 0 Å². The van der Waals surface area contributed by atoms with Crippen molar-refractivity contribution in [3.8, 4) is 0 Å². The van der Waals surface area contributed by atoms with Crippen LogP contribution in [0.2, 0.25) is 5.02 Å². The maximum atomic E-state index is 14.9. The number of ether oxygens (including phenoxy) is 2. The molecule has 2 aromatic rings. The molecule has 1 N–H and O–H groups in total. The van der Waals surface area contributed by atoms with Crippen LogP contribution in [0, 0.1) is 17.8 Å². The van der Waals surface area contributed by atoms with Crippen molar-refractivity contribution in [3.63, 3.8) is 0 Å². The zero-order valence-electron chi connectivity index (χ0n) is 29.5. The van der Waals surface area contributed by atoms with Gasteiger partial charge in [-0.25, -0.2) is 0 Å². The minimum atomic E-state index is -1.39. The Morgan fingerprint density at radius 1 is 1.12 bits per heavy atom. The van der Waals surface area contributed by atoms with Crippen LogP contribution in [-0.4, -0.2) is 93.5 Å². The van der Waals surface area contributed by atoms with Crippen LogP contribution in [-0.2, 0) is 28.7 Å². The number of benzene rings is 2. The van der Waals surface area contributed by atoms with Gasteiger partial charge in [0.25, 0.3) is 5.91 Å². The van der Waals surface area contributed by atoms with E-state index in [0.29, 0.717) is 22.7 Å². The number of alkyl halides is 1. The van der Waals surface area contributed by atoms with Gasteiger partial charge < -0.3 is 29.3 Å². The van der Waals surface area contributed by atoms with Crippen LogP contribution in [0.4, 0.5) is 5.69 Å². The third-order valence-corrected chi connectivity index (χ3v) is 11.7. The Morgan fingerprint density at radius 2 is 1.78 bits per heavy atom. The maximum Gasteiger partial charge on any atom is 0.313 e. The van der Waals surface area contributed by atoms with Crippen molar-refractivity contribution in [2.75, 3.05) is 25.1 Å². The second kappa shape index (κ2) is 16.0. The zero-order valence-corrected chi connectivity index (χ0v) is 31.8. The maximum absolute atomic E-state index is 14.9. The number of carbonyl (C=O) groups is 4. The van der Waals surface area contributed by atoms with Crippen LogP contribution < -0.4 is 4.90 Å². The molecule has 2 aromatic carbocycles. The smallest absolute Gasteiger partial charge is 0.313 e. The second-order valence-electron chi connectivity index (χ2n) is 14.0. The van der Waals surface area contributed by atoms with Gasteiger partial charge in [0.2, 0.25) is 11.8 Å². The Bertz CT molecular complexity index is 1620. The van der Waals surface area contributed by atoms with Crippen LogP contribution in [0.5, 0.6) is 0 Å². The second-order valence-corrected chi connectivity index (χ2v) is 15.6. The minimum Gasteiger partial charge on any atom is -0.455 e. The van der Waals surface area contributed by atoms with Crippen molar-refractivity contribution in [1.82, 2.24) is 9.80 Å². The van der Waals surface area contributed by atoms with E-state index >= 15 is 0 Å². The number of aliphatic hydroxyl groups excluding tert-OH is 1. The molecule has 51 heavy (non-hydrogen) atoms. The average Bonchev–Trinajstić information content (AvgIpc) is 3.71. The predicted octanol–water partition coefficient (Wildman–Crippen LogP) is 5.72. The molecule has 3 aliphatic rings. The van der Waals surface area contributed by atoms with E-state index < -0.39 is 72.2 Å². The van der Waals surface area contributed by atoms with Crippen LogP contribution in [0.3, 0.4) is 0 Å². The fraction of sp³-hybridized carbons (Fsp3) is 0.487. The summed E-state index contributed by atoms with van der Waals surface area (Å²) in [6.45, 7) is 12.9. The molecular weight excluding hydrogens is 738 g/mol. The molecule has 2 bridgehead atoms. The largest absolute Gasteiger partial charge is 0.455 e. The van der Waals surface area contributed by atoms with E-state index in [1.54, 1.807) is 48.4 Å². The van der Waals surface area contributed by atoms with Gasteiger partial charge in [-0.15, -0.1) is 13.2 Å². The summed E-state index contributed by atoms with van der Waals surface area (Å²) in [5.41, 5.74) is -0.158. The SMILES string of the molecule is C=CCCC(=O)N(C)[C@@H](C)[C@@H](OC(=O)[C@H]1[C@@H]2O[C@@]3(CC2Br)[C@@H]1C(=O)N([C@@H](CO)C(C)C)[C@@H]3C(=O)N(CC=C)c1ccc(Cl)cc1)c1ccccc1. The molecule has 12 heteroatoms. The molecule has 274 valence electrons. The molecule has 0 aliphatic carbocycles. The Hall–Kier alpha value is -3.51. The van der Waals surface area contributed by atoms with Gasteiger partial charge in [0, 0.05) is 35.6 Å². The lowest BCUT2D eigenvalue weighted by Gasteiger charge is -2.40. The highest BCUT2D eigenvalue weighted by molar-refractivity contribution is 9.09. The topological polar surface area (TPSA) is 117 Å². The Morgan fingerprint density at radius 3 is 2.37 bits per heavy atom. The van der Waals surface area contributed by atoms with Crippen molar-refractivity contribution < 1.29 is 33.8 Å². The van der Waals surface area contributed by atoms with Crippen molar-refractivity contribution in [3.05, 3.63) is 90.5 Å². The third kappa shape index (κ3) is 7.14. The molecule has 0 radical (unpaired) electrons. The number of carbonyl (C=O) groups excluding carboxylic acids is 4. The van der Waals surface area contributed by atoms with Gasteiger partial charge >= 0.3 is 5.97 Å². The summed E-state index contributed by atoms with van der Waals surface area (Å²) in [7, 11) is 1.68. The number of esters is 1. The number of allylic oxidation sites excluding steroid dienone is 1. The number of aliphatic hydroxyl groups is 1. The number of nitrogens with zero attached hydrogens (tertiary/aromatic N) is 3. The number of halogens is 2. The first-order valence-electron chi connectivity index (χ1n) is 17.4. The molecule has 9 atom stereocenters. The van der Waals surface area contributed by atoms with Crippen LogP contribution >= 0.6 is 27.5 Å². The molecule has 3 saturated heterocycles. The molecule has 3 amide bonds. The summed E-state index contributed by atoms with van der Waals surface area (Å²) < 4.78 is 13.1. The molecule has 5 rings (SSSR count). The standard InChI is InChI=1S/C39H47BrClN3O7/c1-7-9-15-30(46)42(6)24(5)33(25-13-11-10-12-14-25)50-38(49)31-32-36(47)44(29(22-45)23(3)4)35(39(32)21-28(40)34(31)51-39)37(48)43(20-8-2)27-18-16-26(41)17-19-27/h7-8,10-14,16-19,23-24,28-29,31-35,45H,1-2,9,15,20-22H2,3-6H3/t24-,28?,29-,31+,32-,33+,34+,35+,39-/m0/s1. The van der Waals surface area contributed by atoms with E-state index in [4.69, 9.17) is 21.1 Å². The fourth-order valence-corrected chi connectivity index (χ4v) is 9.01. The summed E-state index contributed by atoms with van der Waals surface area (Å²) in [5, 5.41) is 11.1. The molecule has 0 aromatic heterocycles. The number of rotatable bonds is 15. The monoisotopic (exact) mass is 783 g/mol. The van der Waals surface area contributed by atoms with Gasteiger partial charge in [-0.1, -0.05) is 83.9 Å². The first-order valence-corrected chi connectivity index (χ1v) is 18.7. The number of fused-ring (bicyclic) bond motifs is 1. The highest BCUT2D eigenvalue weighted by Gasteiger charge is 2.77. The first-order chi connectivity index (χ1) is 24.3. The molecule has 10 nitrogen and oxygen atoms in total. The highest BCUT2D eigenvalue weighted by Crippen LogP contribution is 2.61. The molecule has 3 aliphatic heterocycles. The van der Waals surface area contributed by atoms with Gasteiger partial charge in [0.15, 0.2) is 0 Å². The first kappa shape index (κ1) is 38.7. The zero-order chi connectivity index (χ0) is 37.2. The fourth-order valence-electron chi connectivity index (χ4n) is 7.94. The lowest BCUT2D eigenvalue weighted by molar-refractivity contribution is -0.165. The van der Waals surface area contributed by atoms with Crippen molar-refractivity contribution in [2.45, 2.75) is 80.8 Å². The highest BCUT2D eigenvalue weighted by atomic mass is 79.9. The summed E-state index contributed by atoms with van der Waals surface area (Å²) in [5.74, 6) is -3.99. The molecule has 3 fully saturated rings. The number of likely N-dealkylation sites (tertiary alicyclic amines) is 1. The van der Waals surface area contributed by atoms with Gasteiger partial charge in [-0.2, -0.15) is 0 Å². The van der Waals surface area contributed by atoms with Gasteiger partial charge in [-0.05, 0) is 55.5 Å². The average molecular weight is 785 g/mol. The van der Waals surface area contributed by atoms with Gasteiger partial charge in [0.1, 0.15) is 17.7 Å². The number of anilines is 1. The van der Waals surface area contributed by atoms with Crippen molar-refractivity contribution in [1.29, 1.82) is 0 Å². The number of hydrogen-bond acceptors (Lipinski definition) is 7. The Labute approximate surface area is 313 Å². The van der Waals surface area contributed by atoms with E-state index in [2.05, 4.69) is 29.1 Å².